The van der Waals surface area contributed by atoms with Crippen LogP contribution in [0.1, 0.15) is 27.7 Å². The molecule has 0 saturated carbocycles. The van der Waals surface area contributed by atoms with Crippen molar-refractivity contribution in [2.75, 3.05) is 5.32 Å². The van der Waals surface area contributed by atoms with E-state index in [0.29, 0.717) is 6.04 Å². The summed E-state index contributed by atoms with van der Waals surface area (Å²) < 4.78 is 0. The van der Waals surface area contributed by atoms with E-state index in [1.807, 2.05) is 24.3 Å². The molecule has 2 rings (SSSR count). The van der Waals surface area contributed by atoms with Crippen LogP contribution in [0.15, 0.2) is 42.7 Å². The summed E-state index contributed by atoms with van der Waals surface area (Å²) in [6, 6.07) is 10.4. The van der Waals surface area contributed by atoms with Crippen LogP contribution in [-0.4, -0.2) is 16.0 Å². The summed E-state index contributed by atoms with van der Waals surface area (Å²) in [4.78, 5) is 8.66. The van der Waals surface area contributed by atoms with Gasteiger partial charge in [0.05, 0.1) is 0 Å². The lowest BCUT2D eigenvalue weighted by atomic mass is 9.88. The zero-order chi connectivity index (χ0) is 13.9. The molecule has 100 valence electrons. The Balaban J connectivity index is 2.32. The van der Waals surface area contributed by atoms with E-state index in [4.69, 9.17) is 0 Å². The zero-order valence-corrected chi connectivity index (χ0v) is 12.0. The van der Waals surface area contributed by atoms with Gasteiger partial charge in [0.15, 0.2) is 5.82 Å². The molecule has 0 saturated heterocycles. The van der Waals surface area contributed by atoms with Gasteiger partial charge in [0.2, 0.25) is 0 Å². The molecule has 1 aromatic carbocycles. The maximum Gasteiger partial charge on any atom is 0.161 e. The first kappa shape index (κ1) is 13.5. The van der Waals surface area contributed by atoms with Crippen molar-refractivity contribution in [1.29, 1.82) is 0 Å². The molecule has 0 aliphatic carbocycles. The van der Waals surface area contributed by atoms with E-state index in [9.17, 15) is 0 Å². The van der Waals surface area contributed by atoms with Gasteiger partial charge in [-0.15, -0.1) is 0 Å². The number of nitrogens with one attached hydrogen (secondary N) is 1. The highest BCUT2D eigenvalue weighted by molar-refractivity contribution is 5.73. The Bertz CT molecular complexity index is 529. The largest absolute Gasteiger partial charge is 0.381 e. The van der Waals surface area contributed by atoms with Crippen molar-refractivity contribution in [2.24, 2.45) is 5.41 Å². The van der Waals surface area contributed by atoms with Gasteiger partial charge < -0.3 is 5.32 Å². The van der Waals surface area contributed by atoms with Gasteiger partial charge in [-0.3, -0.25) is 0 Å². The van der Waals surface area contributed by atoms with Crippen LogP contribution in [0.25, 0.3) is 11.4 Å². The number of rotatable bonds is 3. The Morgan fingerprint density at radius 1 is 1.00 bits per heavy atom. The minimum absolute atomic E-state index is 0.199. The van der Waals surface area contributed by atoms with Gasteiger partial charge in [-0.1, -0.05) is 32.9 Å². The molecule has 2 aromatic rings. The van der Waals surface area contributed by atoms with Gasteiger partial charge in [-0.05, 0) is 30.5 Å². The maximum atomic E-state index is 4.33. The summed E-state index contributed by atoms with van der Waals surface area (Å²) in [6.07, 6.45) is 3.54. The molecule has 0 aliphatic rings. The number of hydrogen-bond donors (Lipinski definition) is 1. The zero-order valence-electron chi connectivity index (χ0n) is 12.0. The van der Waals surface area contributed by atoms with E-state index < -0.39 is 0 Å². The normalized spacial score (nSPS) is 13.1. The van der Waals surface area contributed by atoms with Gasteiger partial charge >= 0.3 is 0 Å². The molecule has 1 unspecified atom stereocenters. The topological polar surface area (TPSA) is 37.8 Å². The van der Waals surface area contributed by atoms with Gasteiger partial charge in [-0.2, -0.15) is 0 Å². The van der Waals surface area contributed by atoms with Crippen LogP contribution < -0.4 is 5.32 Å². The molecule has 0 spiro atoms. The smallest absolute Gasteiger partial charge is 0.161 e. The minimum Gasteiger partial charge on any atom is -0.381 e. The van der Waals surface area contributed by atoms with E-state index in [1.54, 1.807) is 12.4 Å². The number of nitrogens with zero attached hydrogens (tertiary/aromatic N) is 2. The Hall–Kier alpha value is -1.90. The monoisotopic (exact) mass is 255 g/mol. The van der Waals surface area contributed by atoms with Crippen molar-refractivity contribution in [3.8, 4) is 11.4 Å². The van der Waals surface area contributed by atoms with E-state index in [0.717, 1.165) is 17.1 Å². The van der Waals surface area contributed by atoms with Crippen LogP contribution in [-0.2, 0) is 0 Å². The summed E-state index contributed by atoms with van der Waals surface area (Å²) >= 11 is 0. The first-order valence-electron chi connectivity index (χ1n) is 6.61. The molecular weight excluding hydrogens is 234 g/mol. The van der Waals surface area contributed by atoms with Crippen LogP contribution in [0.4, 0.5) is 5.69 Å². The molecule has 1 atom stereocenters. The molecule has 0 aliphatic heterocycles. The Kier molecular flexibility index (Phi) is 3.84. The van der Waals surface area contributed by atoms with Gasteiger partial charge in [0, 0.05) is 29.7 Å². The molecule has 0 amide bonds. The lowest BCUT2D eigenvalue weighted by molar-refractivity contribution is 0.359. The Morgan fingerprint density at radius 3 is 2.26 bits per heavy atom. The molecule has 3 nitrogen and oxygen atoms in total. The summed E-state index contributed by atoms with van der Waals surface area (Å²) in [5.41, 5.74) is 2.32. The van der Waals surface area contributed by atoms with E-state index in [2.05, 4.69) is 49.0 Å². The molecule has 0 radical (unpaired) electrons. The van der Waals surface area contributed by atoms with Crippen molar-refractivity contribution in [1.82, 2.24) is 9.97 Å². The average Bonchev–Trinajstić information content (AvgIpc) is 2.39. The third-order valence-electron chi connectivity index (χ3n) is 3.40. The SMILES string of the molecule is CC(Nc1ccccc1-c1ncccn1)C(C)(C)C. The summed E-state index contributed by atoms with van der Waals surface area (Å²) in [7, 11) is 0. The minimum atomic E-state index is 0.199. The second-order valence-corrected chi connectivity index (χ2v) is 5.85. The Morgan fingerprint density at radius 2 is 1.63 bits per heavy atom. The number of benzene rings is 1. The summed E-state index contributed by atoms with van der Waals surface area (Å²) in [6.45, 7) is 8.88. The van der Waals surface area contributed by atoms with Crippen LogP contribution in [0.2, 0.25) is 0 Å². The van der Waals surface area contributed by atoms with E-state index in [-0.39, 0.29) is 5.41 Å². The molecule has 1 N–H and O–H groups in total. The predicted molar refractivity (Wildman–Crippen MR) is 80.0 cm³/mol. The molecule has 1 heterocycles. The number of anilines is 1. The molecular formula is C16H21N3. The Labute approximate surface area is 115 Å². The maximum absolute atomic E-state index is 4.33. The first-order chi connectivity index (χ1) is 8.98. The van der Waals surface area contributed by atoms with Crippen molar-refractivity contribution < 1.29 is 0 Å². The van der Waals surface area contributed by atoms with Crippen molar-refractivity contribution >= 4 is 5.69 Å². The number of hydrogen-bond acceptors (Lipinski definition) is 3. The summed E-state index contributed by atoms with van der Waals surface area (Å²) in [5.74, 6) is 0.756. The highest BCUT2D eigenvalue weighted by Gasteiger charge is 2.20. The van der Waals surface area contributed by atoms with Crippen molar-refractivity contribution in [3.63, 3.8) is 0 Å². The van der Waals surface area contributed by atoms with Gasteiger partial charge in [0.1, 0.15) is 0 Å². The van der Waals surface area contributed by atoms with Crippen molar-refractivity contribution in [2.45, 2.75) is 33.7 Å². The third-order valence-corrected chi connectivity index (χ3v) is 3.40. The number of aromatic nitrogens is 2. The second-order valence-electron chi connectivity index (χ2n) is 5.85. The molecule has 3 heteroatoms. The van der Waals surface area contributed by atoms with Crippen LogP contribution >= 0.6 is 0 Å². The highest BCUT2D eigenvalue weighted by atomic mass is 14.9. The quantitative estimate of drug-likeness (QED) is 0.901. The lowest BCUT2D eigenvalue weighted by Gasteiger charge is -2.29. The van der Waals surface area contributed by atoms with E-state index in [1.165, 1.54) is 0 Å². The summed E-state index contributed by atoms with van der Waals surface area (Å²) in [5, 5.41) is 3.57. The highest BCUT2D eigenvalue weighted by Crippen LogP contribution is 2.28. The molecule has 1 aromatic heterocycles. The third kappa shape index (κ3) is 3.31. The fraction of sp³-hybridized carbons (Fsp3) is 0.375. The molecule has 19 heavy (non-hydrogen) atoms. The van der Waals surface area contributed by atoms with Crippen molar-refractivity contribution in [3.05, 3.63) is 42.7 Å². The predicted octanol–water partition coefficient (Wildman–Crippen LogP) is 3.99. The second kappa shape index (κ2) is 5.39. The van der Waals surface area contributed by atoms with Gasteiger partial charge in [0.25, 0.3) is 0 Å². The molecule has 0 bridgehead atoms. The standard InChI is InChI=1S/C16H21N3/c1-12(16(2,3)4)19-14-9-6-5-8-13(14)15-17-10-7-11-18-15/h5-12,19H,1-4H3. The first-order valence-corrected chi connectivity index (χ1v) is 6.61. The average molecular weight is 255 g/mol. The van der Waals surface area contributed by atoms with Gasteiger partial charge in [-0.25, -0.2) is 9.97 Å². The van der Waals surface area contributed by atoms with Crippen LogP contribution in [0, 0.1) is 5.41 Å². The molecule has 0 fully saturated rings. The fourth-order valence-electron chi connectivity index (χ4n) is 1.69. The number of para-hydroxylation sites is 1. The van der Waals surface area contributed by atoms with Crippen LogP contribution in [0.5, 0.6) is 0 Å². The lowest BCUT2D eigenvalue weighted by Crippen LogP contribution is -2.31. The van der Waals surface area contributed by atoms with E-state index >= 15 is 0 Å². The van der Waals surface area contributed by atoms with Crippen LogP contribution in [0.3, 0.4) is 0 Å². The fourth-order valence-corrected chi connectivity index (χ4v) is 1.69.